The van der Waals surface area contributed by atoms with Gasteiger partial charge in [0.2, 0.25) is 5.88 Å². The van der Waals surface area contributed by atoms with E-state index in [0.717, 1.165) is 17.7 Å². The molecule has 0 unspecified atom stereocenters. The van der Waals surface area contributed by atoms with Gasteiger partial charge in [0.1, 0.15) is 0 Å². The highest BCUT2D eigenvalue weighted by Crippen LogP contribution is 2.31. The number of ether oxygens (including phenoxy) is 1. The van der Waals surface area contributed by atoms with E-state index in [4.69, 9.17) is 4.74 Å². The van der Waals surface area contributed by atoms with Gasteiger partial charge in [-0.2, -0.15) is 13.2 Å². The van der Waals surface area contributed by atoms with Crippen LogP contribution in [-0.2, 0) is 11.0 Å². The van der Waals surface area contributed by atoms with Gasteiger partial charge in [-0.05, 0) is 44.5 Å². The first-order valence-electron chi connectivity index (χ1n) is 7.76. The van der Waals surface area contributed by atoms with E-state index in [1.807, 2.05) is 32.0 Å². The molecule has 134 valence electrons. The number of aromatic nitrogens is 1. The van der Waals surface area contributed by atoms with Crippen molar-refractivity contribution in [2.45, 2.75) is 26.9 Å². The van der Waals surface area contributed by atoms with Gasteiger partial charge in [0.25, 0.3) is 5.91 Å². The fraction of sp³-hybridized carbons (Fsp3) is 0.333. The Morgan fingerprint density at radius 3 is 2.52 bits per heavy atom. The normalized spacial score (nSPS) is 11.3. The Hall–Kier alpha value is -2.57. The number of alkyl halides is 3. The first kappa shape index (κ1) is 18.8. The standard InChI is InChI=1S/C18H19F3N2O2/c1-4-23(15-7-5-6-12(2)8-15)17(24)11-25-16-10-14(18(19,20)21)9-13(3)22-16/h5-10H,4,11H2,1-3H3. The van der Waals surface area contributed by atoms with E-state index in [1.165, 1.54) is 11.8 Å². The minimum atomic E-state index is -4.49. The van der Waals surface area contributed by atoms with E-state index in [2.05, 4.69) is 4.98 Å². The highest BCUT2D eigenvalue weighted by Gasteiger charge is 2.31. The molecule has 0 saturated heterocycles. The lowest BCUT2D eigenvalue weighted by Crippen LogP contribution is -2.35. The molecule has 0 saturated carbocycles. The van der Waals surface area contributed by atoms with Crippen molar-refractivity contribution in [2.24, 2.45) is 0 Å². The minimum absolute atomic E-state index is 0.170. The molecule has 0 aliphatic carbocycles. The van der Waals surface area contributed by atoms with E-state index < -0.39 is 18.3 Å². The van der Waals surface area contributed by atoms with Crippen molar-refractivity contribution in [1.29, 1.82) is 0 Å². The topological polar surface area (TPSA) is 42.4 Å². The summed E-state index contributed by atoms with van der Waals surface area (Å²) in [4.78, 5) is 17.8. The molecule has 0 spiro atoms. The molecule has 2 rings (SSSR count). The molecule has 0 aliphatic heterocycles. The van der Waals surface area contributed by atoms with Crippen LogP contribution in [0.2, 0.25) is 0 Å². The average Bonchev–Trinajstić information content (AvgIpc) is 2.52. The number of aryl methyl sites for hydroxylation is 2. The lowest BCUT2D eigenvalue weighted by atomic mass is 10.2. The van der Waals surface area contributed by atoms with Crippen LogP contribution in [-0.4, -0.2) is 24.0 Å². The predicted octanol–water partition coefficient (Wildman–Crippen LogP) is 4.15. The molecule has 0 aliphatic rings. The van der Waals surface area contributed by atoms with Crippen molar-refractivity contribution < 1.29 is 22.7 Å². The molecule has 0 fully saturated rings. The van der Waals surface area contributed by atoms with Gasteiger partial charge in [0, 0.05) is 24.0 Å². The number of hydrogen-bond donors (Lipinski definition) is 0. The molecule has 0 radical (unpaired) electrons. The zero-order valence-corrected chi connectivity index (χ0v) is 14.2. The number of hydrogen-bond acceptors (Lipinski definition) is 3. The highest BCUT2D eigenvalue weighted by atomic mass is 19.4. The number of likely N-dealkylation sites (N-methyl/N-ethyl adjacent to an activating group) is 1. The van der Waals surface area contributed by atoms with E-state index in [-0.39, 0.29) is 17.5 Å². The Morgan fingerprint density at radius 2 is 1.92 bits per heavy atom. The third-order valence-electron chi connectivity index (χ3n) is 3.53. The molecule has 1 aromatic heterocycles. The lowest BCUT2D eigenvalue weighted by Gasteiger charge is -2.21. The summed E-state index contributed by atoms with van der Waals surface area (Å²) >= 11 is 0. The van der Waals surface area contributed by atoms with Crippen molar-refractivity contribution in [3.63, 3.8) is 0 Å². The summed E-state index contributed by atoms with van der Waals surface area (Å²) in [6.45, 7) is 5.19. The van der Waals surface area contributed by atoms with Crippen LogP contribution in [0.5, 0.6) is 5.88 Å². The summed E-state index contributed by atoms with van der Waals surface area (Å²) in [5.41, 5.74) is 1.03. The summed E-state index contributed by atoms with van der Waals surface area (Å²) in [6.07, 6.45) is -4.49. The second-order valence-corrected chi connectivity index (χ2v) is 5.60. The van der Waals surface area contributed by atoms with Gasteiger partial charge in [-0.3, -0.25) is 4.79 Å². The predicted molar refractivity (Wildman–Crippen MR) is 88.7 cm³/mol. The monoisotopic (exact) mass is 352 g/mol. The largest absolute Gasteiger partial charge is 0.468 e. The number of amides is 1. The third-order valence-corrected chi connectivity index (χ3v) is 3.53. The number of carbonyl (C=O) groups excluding carboxylic acids is 1. The van der Waals surface area contributed by atoms with E-state index >= 15 is 0 Å². The quantitative estimate of drug-likeness (QED) is 0.812. The molecule has 7 heteroatoms. The van der Waals surface area contributed by atoms with Crippen molar-refractivity contribution in [2.75, 3.05) is 18.1 Å². The second-order valence-electron chi connectivity index (χ2n) is 5.60. The van der Waals surface area contributed by atoms with Crippen LogP contribution < -0.4 is 9.64 Å². The van der Waals surface area contributed by atoms with Crippen LogP contribution in [0, 0.1) is 13.8 Å². The van der Waals surface area contributed by atoms with Gasteiger partial charge in [-0.1, -0.05) is 12.1 Å². The molecular formula is C18H19F3N2O2. The van der Waals surface area contributed by atoms with Crippen LogP contribution in [0.15, 0.2) is 36.4 Å². The van der Waals surface area contributed by atoms with E-state index in [1.54, 1.807) is 6.07 Å². The van der Waals surface area contributed by atoms with Crippen LogP contribution >= 0.6 is 0 Å². The van der Waals surface area contributed by atoms with Crippen molar-refractivity contribution in [1.82, 2.24) is 4.98 Å². The molecule has 2 aromatic rings. The number of benzene rings is 1. The Morgan fingerprint density at radius 1 is 1.20 bits per heavy atom. The number of rotatable bonds is 5. The fourth-order valence-electron chi connectivity index (χ4n) is 2.39. The van der Waals surface area contributed by atoms with Crippen LogP contribution in [0.4, 0.5) is 18.9 Å². The first-order chi connectivity index (χ1) is 11.7. The molecular weight excluding hydrogens is 333 g/mol. The van der Waals surface area contributed by atoms with Crippen LogP contribution in [0.3, 0.4) is 0 Å². The maximum Gasteiger partial charge on any atom is 0.416 e. The van der Waals surface area contributed by atoms with Gasteiger partial charge in [-0.25, -0.2) is 4.98 Å². The van der Waals surface area contributed by atoms with Crippen LogP contribution in [0.1, 0.15) is 23.7 Å². The second kappa shape index (κ2) is 7.55. The number of pyridine rings is 1. The summed E-state index contributed by atoms with van der Waals surface area (Å²) in [7, 11) is 0. The van der Waals surface area contributed by atoms with Crippen LogP contribution in [0.25, 0.3) is 0 Å². The zero-order chi connectivity index (χ0) is 18.6. The van der Waals surface area contributed by atoms with Gasteiger partial charge in [0.15, 0.2) is 6.61 Å². The number of halogens is 3. The molecule has 0 bridgehead atoms. The Bertz CT molecular complexity index is 760. The van der Waals surface area contributed by atoms with Gasteiger partial charge < -0.3 is 9.64 Å². The van der Waals surface area contributed by atoms with Crippen molar-refractivity contribution in [3.8, 4) is 5.88 Å². The lowest BCUT2D eigenvalue weighted by molar-refractivity contribution is -0.137. The smallest absolute Gasteiger partial charge is 0.416 e. The zero-order valence-electron chi connectivity index (χ0n) is 14.2. The molecule has 0 atom stereocenters. The molecule has 25 heavy (non-hydrogen) atoms. The summed E-state index contributed by atoms with van der Waals surface area (Å²) in [6, 6.07) is 9.12. The van der Waals surface area contributed by atoms with E-state index in [9.17, 15) is 18.0 Å². The van der Waals surface area contributed by atoms with E-state index in [0.29, 0.717) is 12.2 Å². The molecule has 4 nitrogen and oxygen atoms in total. The maximum atomic E-state index is 12.8. The summed E-state index contributed by atoms with van der Waals surface area (Å²) in [5, 5.41) is 0. The molecule has 0 N–H and O–H groups in total. The van der Waals surface area contributed by atoms with Gasteiger partial charge in [-0.15, -0.1) is 0 Å². The first-order valence-corrected chi connectivity index (χ1v) is 7.76. The highest BCUT2D eigenvalue weighted by molar-refractivity contribution is 5.94. The van der Waals surface area contributed by atoms with Gasteiger partial charge >= 0.3 is 6.18 Å². The molecule has 1 amide bonds. The summed E-state index contributed by atoms with van der Waals surface area (Å²) in [5.74, 6) is -0.578. The SMILES string of the molecule is CCN(C(=O)COc1cc(C(F)(F)F)cc(C)n1)c1cccc(C)c1. The third kappa shape index (κ3) is 4.95. The molecule has 1 aromatic carbocycles. The summed E-state index contributed by atoms with van der Waals surface area (Å²) < 4.78 is 43.7. The Kier molecular flexibility index (Phi) is 5.66. The maximum absolute atomic E-state index is 12.8. The minimum Gasteiger partial charge on any atom is -0.468 e. The van der Waals surface area contributed by atoms with Gasteiger partial charge in [0.05, 0.1) is 5.56 Å². The Balaban J connectivity index is 2.12. The number of nitrogens with zero attached hydrogens (tertiary/aromatic N) is 2. The fourth-order valence-corrected chi connectivity index (χ4v) is 2.39. The van der Waals surface area contributed by atoms with Crippen molar-refractivity contribution in [3.05, 3.63) is 53.2 Å². The number of carbonyl (C=O) groups is 1. The van der Waals surface area contributed by atoms with Crippen molar-refractivity contribution >= 4 is 11.6 Å². The number of anilines is 1. The Labute approximate surface area is 144 Å². The average molecular weight is 352 g/mol. The molecule has 1 heterocycles.